The minimum atomic E-state index is -0.155. The lowest BCUT2D eigenvalue weighted by Gasteiger charge is -2.15. The first-order valence-corrected chi connectivity index (χ1v) is 7.86. The molecule has 122 valence electrons. The standard InChI is InChI=1S/C20H19NO3/c1-15(13-16-11-12-23-14-16)21-20(22)18-9-5-6-10-19(18)24-17-7-3-2-4-8-17/h2-12,14-15H,13H2,1H3,(H,21,22). The SMILES string of the molecule is CC(Cc1ccoc1)NC(=O)c1ccccc1Oc1ccccc1. The van der Waals surface area contributed by atoms with Gasteiger partial charge in [-0.25, -0.2) is 0 Å². The molecule has 0 aliphatic carbocycles. The molecule has 1 unspecified atom stereocenters. The van der Waals surface area contributed by atoms with Crippen LogP contribution in [0.25, 0.3) is 0 Å². The molecule has 4 nitrogen and oxygen atoms in total. The van der Waals surface area contributed by atoms with Crippen LogP contribution in [-0.2, 0) is 6.42 Å². The van der Waals surface area contributed by atoms with Crippen molar-refractivity contribution >= 4 is 5.91 Å². The molecule has 1 amide bonds. The van der Waals surface area contributed by atoms with Crippen LogP contribution in [0.4, 0.5) is 0 Å². The molecular weight excluding hydrogens is 302 g/mol. The predicted octanol–water partition coefficient (Wildman–Crippen LogP) is 4.43. The van der Waals surface area contributed by atoms with Crippen LogP contribution in [0.15, 0.2) is 77.6 Å². The molecule has 0 aliphatic heterocycles. The summed E-state index contributed by atoms with van der Waals surface area (Å²) in [7, 11) is 0. The van der Waals surface area contributed by atoms with E-state index >= 15 is 0 Å². The largest absolute Gasteiger partial charge is 0.472 e. The van der Waals surface area contributed by atoms with Gasteiger partial charge < -0.3 is 14.5 Å². The Morgan fingerprint density at radius 2 is 1.83 bits per heavy atom. The van der Waals surface area contributed by atoms with E-state index in [2.05, 4.69) is 5.32 Å². The second-order valence-corrected chi connectivity index (χ2v) is 5.62. The zero-order valence-electron chi connectivity index (χ0n) is 13.4. The molecule has 0 bridgehead atoms. The summed E-state index contributed by atoms with van der Waals surface area (Å²) in [6, 6.07) is 18.5. The normalized spacial score (nSPS) is 11.7. The van der Waals surface area contributed by atoms with Crippen molar-refractivity contribution in [1.29, 1.82) is 0 Å². The predicted molar refractivity (Wildman–Crippen MR) is 92.3 cm³/mol. The Balaban J connectivity index is 1.70. The second kappa shape index (κ2) is 7.51. The fourth-order valence-corrected chi connectivity index (χ4v) is 2.47. The van der Waals surface area contributed by atoms with Gasteiger partial charge in [-0.2, -0.15) is 0 Å². The molecule has 0 spiro atoms. The van der Waals surface area contributed by atoms with Gasteiger partial charge in [-0.1, -0.05) is 30.3 Å². The number of benzene rings is 2. The maximum Gasteiger partial charge on any atom is 0.255 e. The van der Waals surface area contributed by atoms with E-state index in [0.717, 1.165) is 5.56 Å². The van der Waals surface area contributed by atoms with Gasteiger partial charge in [-0.15, -0.1) is 0 Å². The fraction of sp³-hybridized carbons (Fsp3) is 0.150. The monoisotopic (exact) mass is 321 g/mol. The highest BCUT2D eigenvalue weighted by atomic mass is 16.5. The molecule has 2 aromatic carbocycles. The van der Waals surface area contributed by atoms with Gasteiger partial charge in [0.1, 0.15) is 11.5 Å². The van der Waals surface area contributed by atoms with Crippen molar-refractivity contribution in [1.82, 2.24) is 5.32 Å². The number of nitrogens with one attached hydrogen (secondary N) is 1. The minimum Gasteiger partial charge on any atom is -0.472 e. The molecule has 0 fully saturated rings. The smallest absolute Gasteiger partial charge is 0.255 e. The summed E-state index contributed by atoms with van der Waals surface area (Å²) in [5.74, 6) is 1.08. The van der Waals surface area contributed by atoms with Gasteiger partial charge in [-0.05, 0) is 49.2 Å². The van der Waals surface area contributed by atoms with Gasteiger partial charge >= 0.3 is 0 Å². The number of para-hydroxylation sites is 2. The summed E-state index contributed by atoms with van der Waals surface area (Å²) in [6.07, 6.45) is 4.03. The average Bonchev–Trinajstić information content (AvgIpc) is 3.09. The Morgan fingerprint density at radius 3 is 2.58 bits per heavy atom. The number of rotatable bonds is 6. The molecule has 3 rings (SSSR count). The van der Waals surface area contributed by atoms with E-state index < -0.39 is 0 Å². The molecule has 0 saturated heterocycles. The highest BCUT2D eigenvalue weighted by molar-refractivity contribution is 5.97. The first-order valence-electron chi connectivity index (χ1n) is 7.86. The van der Waals surface area contributed by atoms with E-state index in [-0.39, 0.29) is 11.9 Å². The summed E-state index contributed by atoms with van der Waals surface area (Å²) < 4.78 is 10.9. The molecular formula is C20H19NO3. The Bertz CT molecular complexity index is 782. The zero-order valence-corrected chi connectivity index (χ0v) is 13.4. The Hall–Kier alpha value is -3.01. The van der Waals surface area contributed by atoms with Crippen LogP contribution in [-0.4, -0.2) is 11.9 Å². The van der Waals surface area contributed by atoms with Crippen molar-refractivity contribution in [2.24, 2.45) is 0 Å². The maximum atomic E-state index is 12.6. The summed E-state index contributed by atoms with van der Waals surface area (Å²) >= 11 is 0. The average molecular weight is 321 g/mol. The van der Waals surface area contributed by atoms with E-state index in [1.807, 2.05) is 55.5 Å². The van der Waals surface area contributed by atoms with Gasteiger partial charge in [0.05, 0.1) is 18.1 Å². The van der Waals surface area contributed by atoms with Crippen molar-refractivity contribution in [3.05, 3.63) is 84.3 Å². The number of carbonyl (C=O) groups excluding carboxylic acids is 1. The highest BCUT2D eigenvalue weighted by Crippen LogP contribution is 2.25. The first kappa shape index (κ1) is 15.9. The Morgan fingerprint density at radius 1 is 1.08 bits per heavy atom. The maximum absolute atomic E-state index is 12.6. The van der Waals surface area contributed by atoms with Crippen molar-refractivity contribution < 1.29 is 13.9 Å². The number of furan rings is 1. The summed E-state index contributed by atoms with van der Waals surface area (Å²) in [4.78, 5) is 12.6. The lowest BCUT2D eigenvalue weighted by atomic mass is 10.1. The van der Waals surface area contributed by atoms with Crippen LogP contribution in [0.1, 0.15) is 22.8 Å². The summed E-state index contributed by atoms with van der Waals surface area (Å²) in [5.41, 5.74) is 1.57. The number of amides is 1. The molecule has 0 aliphatic rings. The van der Waals surface area contributed by atoms with Gasteiger partial charge in [0.25, 0.3) is 5.91 Å². The fourth-order valence-electron chi connectivity index (χ4n) is 2.47. The van der Waals surface area contributed by atoms with Gasteiger partial charge in [0.2, 0.25) is 0 Å². The summed E-state index contributed by atoms with van der Waals surface area (Å²) in [6.45, 7) is 1.96. The minimum absolute atomic E-state index is 0.0140. The number of carbonyl (C=O) groups is 1. The van der Waals surface area contributed by atoms with Crippen LogP contribution in [0.5, 0.6) is 11.5 Å². The third-order valence-corrected chi connectivity index (χ3v) is 3.60. The van der Waals surface area contributed by atoms with Crippen LogP contribution in [0, 0.1) is 0 Å². The van der Waals surface area contributed by atoms with Crippen molar-refractivity contribution in [3.8, 4) is 11.5 Å². The van der Waals surface area contributed by atoms with E-state index in [4.69, 9.17) is 9.15 Å². The molecule has 1 atom stereocenters. The highest BCUT2D eigenvalue weighted by Gasteiger charge is 2.15. The molecule has 1 aromatic heterocycles. The van der Waals surface area contributed by atoms with Crippen molar-refractivity contribution in [3.63, 3.8) is 0 Å². The third kappa shape index (κ3) is 4.04. The number of hydrogen-bond acceptors (Lipinski definition) is 3. The van der Waals surface area contributed by atoms with Crippen molar-refractivity contribution in [2.45, 2.75) is 19.4 Å². The molecule has 4 heteroatoms. The van der Waals surface area contributed by atoms with Crippen molar-refractivity contribution in [2.75, 3.05) is 0 Å². The second-order valence-electron chi connectivity index (χ2n) is 5.62. The molecule has 24 heavy (non-hydrogen) atoms. The summed E-state index contributed by atoms with van der Waals surface area (Å²) in [5, 5.41) is 3.00. The van der Waals surface area contributed by atoms with E-state index in [9.17, 15) is 4.79 Å². The molecule has 1 heterocycles. The van der Waals surface area contributed by atoms with E-state index in [1.165, 1.54) is 0 Å². The van der Waals surface area contributed by atoms with Crippen LogP contribution in [0.2, 0.25) is 0 Å². The van der Waals surface area contributed by atoms with Crippen LogP contribution >= 0.6 is 0 Å². The van der Waals surface area contributed by atoms with Gasteiger partial charge in [0.15, 0.2) is 0 Å². The molecule has 3 aromatic rings. The van der Waals surface area contributed by atoms with Crippen LogP contribution in [0.3, 0.4) is 0 Å². The van der Waals surface area contributed by atoms with E-state index in [1.54, 1.807) is 24.7 Å². The zero-order chi connectivity index (χ0) is 16.8. The van der Waals surface area contributed by atoms with Crippen LogP contribution < -0.4 is 10.1 Å². The lowest BCUT2D eigenvalue weighted by Crippen LogP contribution is -2.34. The van der Waals surface area contributed by atoms with Gasteiger partial charge in [-0.3, -0.25) is 4.79 Å². The molecule has 0 saturated carbocycles. The Labute approximate surface area is 141 Å². The number of hydrogen-bond donors (Lipinski definition) is 1. The van der Waals surface area contributed by atoms with Gasteiger partial charge in [0, 0.05) is 6.04 Å². The van der Waals surface area contributed by atoms with E-state index in [0.29, 0.717) is 23.5 Å². The quantitative estimate of drug-likeness (QED) is 0.730. The molecule has 1 N–H and O–H groups in total. The lowest BCUT2D eigenvalue weighted by molar-refractivity contribution is 0.0937. The number of ether oxygens (including phenoxy) is 1. The third-order valence-electron chi connectivity index (χ3n) is 3.60. The topological polar surface area (TPSA) is 51.5 Å². The Kier molecular flexibility index (Phi) is 4.96. The first-order chi connectivity index (χ1) is 11.7. The molecule has 0 radical (unpaired) electrons.